The number of aromatic nitrogens is 1. The number of nitrogens with one attached hydrogen (secondary N) is 1. The Morgan fingerprint density at radius 3 is 2.90 bits per heavy atom. The number of benzene rings is 1. The van der Waals surface area contributed by atoms with Crippen LogP contribution >= 0.6 is 0 Å². The van der Waals surface area contributed by atoms with E-state index in [0.717, 1.165) is 29.0 Å². The van der Waals surface area contributed by atoms with E-state index in [1.54, 1.807) is 0 Å². The number of hydrogen-bond donors (Lipinski definition) is 1. The Morgan fingerprint density at radius 1 is 1.24 bits per heavy atom. The van der Waals surface area contributed by atoms with Crippen molar-refractivity contribution < 1.29 is 4.74 Å². The van der Waals surface area contributed by atoms with Crippen molar-refractivity contribution >= 4 is 10.9 Å². The van der Waals surface area contributed by atoms with Crippen LogP contribution in [0.5, 0.6) is 5.75 Å². The summed E-state index contributed by atoms with van der Waals surface area (Å²) in [6.45, 7) is 2.28. The lowest BCUT2D eigenvalue weighted by Crippen LogP contribution is -2.45. The molecule has 1 aliphatic rings. The Labute approximate surface area is 126 Å². The minimum Gasteiger partial charge on any atom is -0.487 e. The van der Waals surface area contributed by atoms with Gasteiger partial charge in [-0.2, -0.15) is 0 Å². The summed E-state index contributed by atoms with van der Waals surface area (Å²) in [6.07, 6.45) is 6.94. The third-order valence-electron chi connectivity index (χ3n) is 4.72. The zero-order chi connectivity index (χ0) is 14.7. The van der Waals surface area contributed by atoms with Crippen molar-refractivity contribution in [2.75, 3.05) is 7.05 Å². The lowest BCUT2D eigenvalue weighted by molar-refractivity contribution is 0.0895. The van der Waals surface area contributed by atoms with Gasteiger partial charge in [0.05, 0.1) is 0 Å². The summed E-state index contributed by atoms with van der Waals surface area (Å²) in [5.41, 5.74) is 0.966. The molecule has 3 unspecified atom stereocenters. The van der Waals surface area contributed by atoms with E-state index in [0.29, 0.717) is 6.04 Å². The van der Waals surface area contributed by atoms with Crippen LogP contribution in [0.15, 0.2) is 36.5 Å². The molecule has 0 bridgehead atoms. The molecule has 21 heavy (non-hydrogen) atoms. The maximum absolute atomic E-state index is 6.38. The number of ether oxygens (including phenoxy) is 1. The van der Waals surface area contributed by atoms with Gasteiger partial charge in [-0.05, 0) is 44.4 Å². The van der Waals surface area contributed by atoms with E-state index in [1.165, 1.54) is 19.3 Å². The lowest BCUT2D eigenvalue weighted by atomic mass is 9.82. The number of likely N-dealkylation sites (N-methyl/N-ethyl adjacent to an activating group) is 1. The van der Waals surface area contributed by atoms with Crippen LogP contribution in [-0.4, -0.2) is 24.2 Å². The highest BCUT2D eigenvalue weighted by atomic mass is 16.5. The first kappa shape index (κ1) is 14.3. The molecule has 1 N–H and O–H groups in total. The van der Waals surface area contributed by atoms with Gasteiger partial charge in [0.25, 0.3) is 0 Å². The molecule has 3 atom stereocenters. The maximum Gasteiger partial charge on any atom is 0.146 e. The minimum absolute atomic E-state index is 0.237. The van der Waals surface area contributed by atoms with Crippen molar-refractivity contribution in [3.8, 4) is 5.75 Å². The molecule has 1 aromatic carbocycles. The van der Waals surface area contributed by atoms with Gasteiger partial charge in [-0.1, -0.05) is 31.5 Å². The highest BCUT2D eigenvalue weighted by molar-refractivity contribution is 5.84. The fourth-order valence-electron chi connectivity index (χ4n) is 3.38. The summed E-state index contributed by atoms with van der Waals surface area (Å²) in [7, 11) is 2.04. The summed E-state index contributed by atoms with van der Waals surface area (Å²) in [5, 5.41) is 4.56. The second kappa shape index (κ2) is 6.44. The van der Waals surface area contributed by atoms with Gasteiger partial charge in [0.1, 0.15) is 17.4 Å². The minimum atomic E-state index is 0.237. The average Bonchev–Trinajstić information content (AvgIpc) is 2.55. The molecule has 0 amide bonds. The molecule has 1 saturated carbocycles. The molecule has 0 radical (unpaired) electrons. The van der Waals surface area contributed by atoms with Crippen LogP contribution in [0.1, 0.15) is 32.6 Å². The number of hydrogen-bond acceptors (Lipinski definition) is 3. The number of rotatable bonds is 4. The second-order valence-corrected chi connectivity index (χ2v) is 5.97. The van der Waals surface area contributed by atoms with Gasteiger partial charge in [0, 0.05) is 17.6 Å². The van der Waals surface area contributed by atoms with Gasteiger partial charge in [0.15, 0.2) is 0 Å². The first-order valence-electron chi connectivity index (χ1n) is 7.99. The van der Waals surface area contributed by atoms with Crippen molar-refractivity contribution in [2.24, 2.45) is 5.92 Å². The molecule has 2 aromatic rings. The van der Waals surface area contributed by atoms with Crippen LogP contribution in [0.3, 0.4) is 0 Å². The van der Waals surface area contributed by atoms with Crippen molar-refractivity contribution in [1.29, 1.82) is 0 Å². The molecule has 0 aliphatic heterocycles. The average molecular weight is 284 g/mol. The Kier molecular flexibility index (Phi) is 4.39. The van der Waals surface area contributed by atoms with E-state index in [1.807, 2.05) is 31.4 Å². The molecule has 1 aromatic heterocycles. The first-order chi connectivity index (χ1) is 10.3. The highest BCUT2D eigenvalue weighted by Crippen LogP contribution is 2.32. The molecule has 3 nitrogen and oxygen atoms in total. The van der Waals surface area contributed by atoms with Crippen molar-refractivity contribution in [3.63, 3.8) is 0 Å². The lowest BCUT2D eigenvalue weighted by Gasteiger charge is -2.36. The first-order valence-corrected chi connectivity index (χ1v) is 7.99. The highest BCUT2D eigenvalue weighted by Gasteiger charge is 2.30. The van der Waals surface area contributed by atoms with Gasteiger partial charge in [0.2, 0.25) is 0 Å². The topological polar surface area (TPSA) is 34.1 Å². The molecular formula is C18H24N2O. The van der Waals surface area contributed by atoms with Crippen LogP contribution < -0.4 is 10.1 Å². The van der Waals surface area contributed by atoms with Crippen LogP contribution in [-0.2, 0) is 0 Å². The molecule has 1 fully saturated rings. The normalized spacial score (nSPS) is 25.9. The molecular weight excluding hydrogens is 260 g/mol. The molecule has 3 heteroatoms. The Balaban J connectivity index is 1.85. The van der Waals surface area contributed by atoms with Crippen molar-refractivity contribution in [3.05, 3.63) is 36.5 Å². The maximum atomic E-state index is 6.38. The molecule has 0 spiro atoms. The summed E-state index contributed by atoms with van der Waals surface area (Å²) in [6, 6.07) is 10.7. The summed E-state index contributed by atoms with van der Waals surface area (Å²) in [5.74, 6) is 1.69. The fraction of sp³-hybridized carbons (Fsp3) is 0.500. The van der Waals surface area contributed by atoms with E-state index in [-0.39, 0.29) is 6.10 Å². The third-order valence-corrected chi connectivity index (χ3v) is 4.72. The van der Waals surface area contributed by atoms with Crippen molar-refractivity contribution in [1.82, 2.24) is 10.3 Å². The number of nitrogens with zero attached hydrogens (tertiary/aromatic N) is 1. The Hall–Kier alpha value is -1.61. The SMILES string of the molecule is CCC1CCC(NC)C(Oc2cccc3cccnc23)C1. The molecule has 3 rings (SSSR count). The zero-order valence-corrected chi connectivity index (χ0v) is 12.9. The van der Waals surface area contributed by atoms with E-state index >= 15 is 0 Å². The van der Waals surface area contributed by atoms with Gasteiger partial charge in [-0.3, -0.25) is 4.98 Å². The zero-order valence-electron chi connectivity index (χ0n) is 12.9. The van der Waals surface area contributed by atoms with E-state index in [9.17, 15) is 0 Å². The Morgan fingerprint density at radius 2 is 2.10 bits per heavy atom. The molecule has 1 heterocycles. The standard InChI is InChI=1S/C18H24N2O/c1-3-13-9-10-15(19-2)17(12-13)21-16-8-4-6-14-7-5-11-20-18(14)16/h4-8,11,13,15,17,19H,3,9-10,12H2,1-2H3. The fourth-order valence-corrected chi connectivity index (χ4v) is 3.38. The summed E-state index contributed by atoms with van der Waals surface area (Å²) < 4.78 is 6.38. The van der Waals surface area contributed by atoms with Crippen LogP contribution in [0.4, 0.5) is 0 Å². The monoisotopic (exact) mass is 284 g/mol. The van der Waals surface area contributed by atoms with Gasteiger partial charge < -0.3 is 10.1 Å². The number of fused-ring (bicyclic) bond motifs is 1. The largest absolute Gasteiger partial charge is 0.487 e. The number of para-hydroxylation sites is 1. The number of pyridine rings is 1. The summed E-state index contributed by atoms with van der Waals surface area (Å²) >= 11 is 0. The smallest absolute Gasteiger partial charge is 0.146 e. The third kappa shape index (κ3) is 3.03. The summed E-state index contributed by atoms with van der Waals surface area (Å²) in [4.78, 5) is 4.49. The van der Waals surface area contributed by atoms with Gasteiger partial charge >= 0.3 is 0 Å². The second-order valence-electron chi connectivity index (χ2n) is 5.97. The van der Waals surface area contributed by atoms with Crippen LogP contribution in [0.25, 0.3) is 10.9 Å². The Bertz CT molecular complexity index is 593. The van der Waals surface area contributed by atoms with E-state index in [4.69, 9.17) is 4.74 Å². The molecule has 1 aliphatic carbocycles. The predicted molar refractivity (Wildman–Crippen MR) is 86.6 cm³/mol. The van der Waals surface area contributed by atoms with Crippen LogP contribution in [0, 0.1) is 5.92 Å². The van der Waals surface area contributed by atoms with Crippen molar-refractivity contribution in [2.45, 2.75) is 44.8 Å². The van der Waals surface area contributed by atoms with Gasteiger partial charge in [-0.25, -0.2) is 0 Å². The van der Waals surface area contributed by atoms with E-state index in [2.05, 4.69) is 29.4 Å². The molecule has 112 valence electrons. The quantitative estimate of drug-likeness (QED) is 0.927. The molecule has 0 saturated heterocycles. The van der Waals surface area contributed by atoms with E-state index < -0.39 is 0 Å². The van der Waals surface area contributed by atoms with Gasteiger partial charge in [-0.15, -0.1) is 0 Å². The predicted octanol–water partition coefficient (Wildman–Crippen LogP) is 3.78. The van der Waals surface area contributed by atoms with Crippen LogP contribution in [0.2, 0.25) is 0 Å².